The number of aryl methyl sites for hydroxylation is 1. The van der Waals surface area contributed by atoms with E-state index in [0.29, 0.717) is 21.5 Å². The van der Waals surface area contributed by atoms with Gasteiger partial charge in [-0.05, 0) is 56.3 Å². The number of hydrogen-bond donors (Lipinski definition) is 2. The summed E-state index contributed by atoms with van der Waals surface area (Å²) in [7, 11) is -3.67. The molecule has 1 atom stereocenters. The number of rotatable bonds is 8. The van der Waals surface area contributed by atoms with Crippen molar-refractivity contribution in [3.8, 4) is 11.3 Å². The number of benzene rings is 3. The molecule has 1 unspecified atom stereocenters. The summed E-state index contributed by atoms with van der Waals surface area (Å²) in [6.07, 6.45) is 0. The first-order chi connectivity index (χ1) is 16.7. The second-order valence-electron chi connectivity index (χ2n) is 7.71. The third-order valence-electron chi connectivity index (χ3n) is 5.00. The lowest BCUT2D eigenvalue weighted by molar-refractivity contribution is -0.115. The average Bonchev–Trinajstić information content (AvgIpc) is 3.29. The largest absolute Gasteiger partial charge is 0.301 e. The first-order valence-corrected chi connectivity index (χ1v) is 14.2. The third-order valence-corrected chi connectivity index (χ3v) is 8.60. The number of thiazole rings is 1. The van der Waals surface area contributed by atoms with Gasteiger partial charge in [0.2, 0.25) is 5.91 Å². The summed E-state index contributed by atoms with van der Waals surface area (Å²) in [6, 6.07) is 21.0. The number of aromatic nitrogens is 1. The quantitative estimate of drug-likeness (QED) is 0.242. The number of anilines is 2. The summed E-state index contributed by atoms with van der Waals surface area (Å²) in [6.45, 7) is 3.70. The standard InChI is InChI=1S/C25H22ClN3O3S3/c1-16-7-13-20(14-8-16)35(31,32)29-18-9-11-19(12-10-18)34-17(2)24(30)28-25-27-23(15-33-25)21-5-3-4-6-22(21)26/h3-15,17,29H,1-2H3,(H,27,28,30). The van der Waals surface area contributed by atoms with Crippen molar-refractivity contribution in [3.05, 3.63) is 88.8 Å². The van der Waals surface area contributed by atoms with Crippen LogP contribution in [0.5, 0.6) is 0 Å². The smallest absolute Gasteiger partial charge is 0.261 e. The molecule has 0 spiro atoms. The van der Waals surface area contributed by atoms with Crippen LogP contribution in [0.3, 0.4) is 0 Å². The van der Waals surface area contributed by atoms with E-state index in [1.807, 2.05) is 30.5 Å². The molecule has 0 bridgehead atoms. The highest BCUT2D eigenvalue weighted by atomic mass is 35.5. The van der Waals surface area contributed by atoms with Gasteiger partial charge in [0.1, 0.15) is 0 Å². The van der Waals surface area contributed by atoms with Gasteiger partial charge in [-0.15, -0.1) is 23.1 Å². The lowest BCUT2D eigenvalue weighted by atomic mass is 10.2. The number of thioether (sulfide) groups is 1. The molecule has 180 valence electrons. The van der Waals surface area contributed by atoms with Gasteiger partial charge in [0.15, 0.2) is 5.13 Å². The van der Waals surface area contributed by atoms with E-state index in [1.165, 1.54) is 23.1 Å². The maximum atomic E-state index is 12.7. The minimum absolute atomic E-state index is 0.181. The summed E-state index contributed by atoms with van der Waals surface area (Å²) in [4.78, 5) is 18.2. The number of carbonyl (C=O) groups is 1. The van der Waals surface area contributed by atoms with Gasteiger partial charge in [0.05, 0.1) is 15.8 Å². The Balaban J connectivity index is 1.35. The maximum Gasteiger partial charge on any atom is 0.261 e. The predicted molar refractivity (Wildman–Crippen MR) is 145 cm³/mol. The summed E-state index contributed by atoms with van der Waals surface area (Å²) in [5.74, 6) is -0.181. The highest BCUT2D eigenvalue weighted by molar-refractivity contribution is 8.00. The maximum absolute atomic E-state index is 12.7. The van der Waals surface area contributed by atoms with E-state index in [2.05, 4.69) is 15.0 Å². The molecule has 1 aromatic heterocycles. The lowest BCUT2D eigenvalue weighted by Gasteiger charge is -2.12. The molecule has 0 aliphatic rings. The molecule has 0 saturated heterocycles. The molecule has 35 heavy (non-hydrogen) atoms. The highest BCUT2D eigenvalue weighted by Crippen LogP contribution is 2.31. The average molecular weight is 544 g/mol. The van der Waals surface area contributed by atoms with E-state index in [4.69, 9.17) is 11.6 Å². The number of sulfonamides is 1. The number of hydrogen-bond acceptors (Lipinski definition) is 6. The summed E-state index contributed by atoms with van der Waals surface area (Å²) >= 11 is 8.94. The molecule has 2 N–H and O–H groups in total. The molecular formula is C25H22ClN3O3S3. The van der Waals surface area contributed by atoms with Gasteiger partial charge in [-0.2, -0.15) is 0 Å². The zero-order valence-corrected chi connectivity index (χ0v) is 22.1. The summed E-state index contributed by atoms with van der Waals surface area (Å²) in [5.41, 5.74) is 2.95. The van der Waals surface area contributed by atoms with Gasteiger partial charge in [-0.25, -0.2) is 13.4 Å². The van der Waals surface area contributed by atoms with Crippen molar-refractivity contribution in [2.24, 2.45) is 0 Å². The van der Waals surface area contributed by atoms with Crippen LogP contribution in [-0.2, 0) is 14.8 Å². The molecule has 0 fully saturated rings. The van der Waals surface area contributed by atoms with Crippen LogP contribution in [0.15, 0.2) is 88.0 Å². The van der Waals surface area contributed by atoms with Gasteiger partial charge < -0.3 is 5.32 Å². The molecule has 0 saturated carbocycles. The van der Waals surface area contributed by atoms with Crippen LogP contribution in [-0.4, -0.2) is 24.6 Å². The van der Waals surface area contributed by atoms with Crippen molar-refractivity contribution in [2.75, 3.05) is 10.0 Å². The Labute approximate surface area is 217 Å². The van der Waals surface area contributed by atoms with Gasteiger partial charge >= 0.3 is 0 Å². The molecule has 4 aromatic rings. The molecular weight excluding hydrogens is 522 g/mol. The normalized spacial score (nSPS) is 12.2. The molecule has 4 rings (SSSR count). The number of carbonyl (C=O) groups excluding carboxylic acids is 1. The van der Waals surface area contributed by atoms with Crippen LogP contribution >= 0.6 is 34.7 Å². The van der Waals surface area contributed by atoms with Crippen molar-refractivity contribution >= 4 is 61.4 Å². The van der Waals surface area contributed by atoms with Crippen molar-refractivity contribution in [1.82, 2.24) is 4.98 Å². The Hall–Kier alpha value is -2.85. The van der Waals surface area contributed by atoms with E-state index in [0.717, 1.165) is 16.0 Å². The number of halogens is 1. The van der Waals surface area contributed by atoms with Crippen molar-refractivity contribution in [3.63, 3.8) is 0 Å². The molecule has 3 aromatic carbocycles. The van der Waals surface area contributed by atoms with Gasteiger partial charge in [0.25, 0.3) is 10.0 Å². The zero-order chi connectivity index (χ0) is 25.0. The van der Waals surface area contributed by atoms with Crippen molar-refractivity contribution in [2.45, 2.75) is 28.9 Å². The second kappa shape index (κ2) is 10.8. The van der Waals surface area contributed by atoms with Crippen LogP contribution < -0.4 is 10.0 Å². The first kappa shape index (κ1) is 25.2. The predicted octanol–water partition coefficient (Wildman–Crippen LogP) is 6.69. The Kier molecular flexibility index (Phi) is 7.81. The van der Waals surface area contributed by atoms with Crippen LogP contribution in [0.25, 0.3) is 11.3 Å². The van der Waals surface area contributed by atoms with Crippen molar-refractivity contribution < 1.29 is 13.2 Å². The van der Waals surface area contributed by atoms with Crippen LogP contribution in [0.4, 0.5) is 10.8 Å². The van der Waals surface area contributed by atoms with Crippen LogP contribution in [0, 0.1) is 6.92 Å². The fourth-order valence-corrected chi connectivity index (χ4v) is 5.99. The topological polar surface area (TPSA) is 88.2 Å². The molecule has 0 radical (unpaired) electrons. The van der Waals surface area contributed by atoms with Gasteiger partial charge in [-0.3, -0.25) is 9.52 Å². The monoisotopic (exact) mass is 543 g/mol. The fourth-order valence-electron chi connectivity index (χ4n) is 3.12. The van der Waals surface area contributed by atoms with E-state index < -0.39 is 15.3 Å². The Morgan fingerprint density at radius 3 is 2.40 bits per heavy atom. The van der Waals surface area contributed by atoms with E-state index in [1.54, 1.807) is 61.5 Å². The molecule has 1 amide bonds. The first-order valence-electron chi connectivity index (χ1n) is 10.6. The van der Waals surface area contributed by atoms with E-state index >= 15 is 0 Å². The van der Waals surface area contributed by atoms with Gasteiger partial charge in [0, 0.05) is 26.5 Å². The highest BCUT2D eigenvalue weighted by Gasteiger charge is 2.18. The number of nitrogens with one attached hydrogen (secondary N) is 2. The fraction of sp³-hybridized carbons (Fsp3) is 0.120. The zero-order valence-electron chi connectivity index (χ0n) is 18.9. The summed E-state index contributed by atoms with van der Waals surface area (Å²) in [5, 5.41) is 5.41. The molecule has 6 nitrogen and oxygen atoms in total. The third kappa shape index (κ3) is 6.43. The SMILES string of the molecule is Cc1ccc(S(=O)(=O)Nc2ccc(SC(C)C(=O)Nc3nc(-c4ccccc4Cl)cs3)cc2)cc1. The van der Waals surface area contributed by atoms with Crippen molar-refractivity contribution in [1.29, 1.82) is 0 Å². The van der Waals surface area contributed by atoms with Gasteiger partial charge in [-0.1, -0.05) is 47.5 Å². The molecule has 10 heteroatoms. The summed E-state index contributed by atoms with van der Waals surface area (Å²) < 4.78 is 27.7. The van der Waals surface area contributed by atoms with Crippen LogP contribution in [0.2, 0.25) is 5.02 Å². The molecule has 0 aliphatic carbocycles. The Morgan fingerprint density at radius 1 is 1.03 bits per heavy atom. The minimum atomic E-state index is -3.67. The number of amides is 1. The number of nitrogens with zero attached hydrogens (tertiary/aromatic N) is 1. The molecule has 1 heterocycles. The van der Waals surface area contributed by atoms with Crippen LogP contribution in [0.1, 0.15) is 12.5 Å². The Morgan fingerprint density at radius 2 is 1.71 bits per heavy atom. The lowest BCUT2D eigenvalue weighted by Crippen LogP contribution is -2.22. The molecule has 0 aliphatic heterocycles. The van der Waals surface area contributed by atoms with E-state index in [-0.39, 0.29) is 10.8 Å². The second-order valence-corrected chi connectivity index (χ2v) is 12.1. The minimum Gasteiger partial charge on any atom is -0.301 e. The van der Waals surface area contributed by atoms with E-state index in [9.17, 15) is 13.2 Å². The Bertz CT molecular complexity index is 1440.